The Kier molecular flexibility index (Phi) is 2.27. The van der Waals surface area contributed by atoms with E-state index >= 15 is 0 Å². The summed E-state index contributed by atoms with van der Waals surface area (Å²) in [5.74, 6) is 0.668. The normalized spacial score (nSPS) is 46.3. The van der Waals surface area contributed by atoms with Crippen LogP contribution in [-0.2, 0) is 4.79 Å². The Bertz CT molecular complexity index is 462. The van der Waals surface area contributed by atoms with Gasteiger partial charge in [0.2, 0.25) is 0 Å². The maximum Gasteiger partial charge on any atom is 0.172 e. The number of Topliss-reactive ketones (excluding diaryl/α,β-unsaturated/α-hetero) is 1. The van der Waals surface area contributed by atoms with Crippen LogP contribution in [0.1, 0.15) is 34.1 Å². The third kappa shape index (κ3) is 1.36. The van der Waals surface area contributed by atoms with Crippen LogP contribution in [0.25, 0.3) is 0 Å². The summed E-state index contributed by atoms with van der Waals surface area (Å²) in [6, 6.07) is 0. The summed E-state index contributed by atoms with van der Waals surface area (Å²) in [6.07, 6.45) is 7.60. The Hall–Kier alpha value is -0.890. The monoisotopic (exact) mass is 246 g/mol. The van der Waals surface area contributed by atoms with Crippen molar-refractivity contribution in [2.75, 3.05) is 0 Å². The second-order valence-corrected chi connectivity index (χ2v) is 7.29. The third-order valence-electron chi connectivity index (χ3n) is 5.10. The highest BCUT2D eigenvalue weighted by molar-refractivity contribution is 5.95. The van der Waals surface area contributed by atoms with E-state index in [0.717, 1.165) is 6.42 Å². The lowest BCUT2D eigenvalue weighted by atomic mass is 9.51. The highest BCUT2D eigenvalue weighted by Crippen LogP contribution is 2.57. The van der Waals surface area contributed by atoms with Crippen molar-refractivity contribution in [1.29, 1.82) is 0 Å². The molecule has 1 N–H and O–H groups in total. The molecule has 18 heavy (non-hydrogen) atoms. The van der Waals surface area contributed by atoms with E-state index < -0.39 is 5.60 Å². The van der Waals surface area contributed by atoms with Crippen LogP contribution in [0.3, 0.4) is 0 Å². The molecular weight excluding hydrogens is 224 g/mol. The van der Waals surface area contributed by atoms with Gasteiger partial charge in [0.15, 0.2) is 5.78 Å². The number of hydrogen-bond donors (Lipinski definition) is 1. The van der Waals surface area contributed by atoms with E-state index in [4.69, 9.17) is 0 Å². The van der Waals surface area contributed by atoms with Crippen molar-refractivity contribution in [3.05, 3.63) is 23.8 Å². The van der Waals surface area contributed by atoms with Gasteiger partial charge in [-0.15, -0.1) is 0 Å². The second kappa shape index (κ2) is 3.36. The molecule has 98 valence electrons. The molecular formula is C16H22O2. The Morgan fingerprint density at radius 1 is 1.39 bits per heavy atom. The average Bonchev–Trinajstić information content (AvgIpc) is 2.71. The van der Waals surface area contributed by atoms with Crippen LogP contribution < -0.4 is 0 Å². The number of fused-ring (bicyclic) bond motifs is 1. The number of carbonyl (C=O) groups is 1. The van der Waals surface area contributed by atoms with Gasteiger partial charge in [0, 0.05) is 11.8 Å². The summed E-state index contributed by atoms with van der Waals surface area (Å²) >= 11 is 0. The Balaban J connectivity index is 2.15. The van der Waals surface area contributed by atoms with Crippen LogP contribution in [0.2, 0.25) is 0 Å². The minimum absolute atomic E-state index is 0.00998. The van der Waals surface area contributed by atoms with Crippen molar-refractivity contribution >= 4 is 5.78 Å². The van der Waals surface area contributed by atoms with Crippen molar-refractivity contribution in [1.82, 2.24) is 0 Å². The molecule has 2 nitrogen and oxygen atoms in total. The molecule has 4 aliphatic carbocycles. The summed E-state index contributed by atoms with van der Waals surface area (Å²) in [5, 5.41) is 10.5. The zero-order chi connectivity index (χ0) is 13.3. The average molecular weight is 246 g/mol. The molecule has 0 aromatic heterocycles. The second-order valence-electron chi connectivity index (χ2n) is 7.29. The van der Waals surface area contributed by atoms with Crippen LogP contribution in [0.5, 0.6) is 0 Å². The minimum atomic E-state index is -1.16. The number of aliphatic hydroxyl groups is 1. The van der Waals surface area contributed by atoms with Crippen LogP contribution in [-0.4, -0.2) is 16.5 Å². The van der Waals surface area contributed by atoms with Crippen molar-refractivity contribution < 1.29 is 9.90 Å². The number of rotatable bonds is 0. The van der Waals surface area contributed by atoms with Gasteiger partial charge in [-0.05, 0) is 30.6 Å². The van der Waals surface area contributed by atoms with E-state index in [-0.39, 0.29) is 23.0 Å². The first-order chi connectivity index (χ1) is 8.24. The Labute approximate surface area is 109 Å². The lowest BCUT2D eigenvalue weighted by Gasteiger charge is -2.53. The summed E-state index contributed by atoms with van der Waals surface area (Å²) in [7, 11) is 0. The molecule has 0 spiro atoms. The predicted molar refractivity (Wildman–Crippen MR) is 70.9 cm³/mol. The van der Waals surface area contributed by atoms with Gasteiger partial charge in [-0.3, -0.25) is 4.79 Å². The van der Waals surface area contributed by atoms with Gasteiger partial charge in [-0.1, -0.05) is 44.6 Å². The smallest absolute Gasteiger partial charge is 0.172 e. The van der Waals surface area contributed by atoms with Crippen molar-refractivity contribution in [3.63, 3.8) is 0 Å². The van der Waals surface area contributed by atoms with Crippen LogP contribution in [0.15, 0.2) is 23.8 Å². The minimum Gasteiger partial charge on any atom is -0.382 e. The maximum absolute atomic E-state index is 12.6. The molecule has 4 rings (SSSR count). The number of allylic oxidation sites excluding steroid dienone is 3. The highest BCUT2D eigenvalue weighted by Gasteiger charge is 2.60. The van der Waals surface area contributed by atoms with Gasteiger partial charge < -0.3 is 5.11 Å². The zero-order valence-corrected chi connectivity index (χ0v) is 11.6. The van der Waals surface area contributed by atoms with E-state index in [1.807, 2.05) is 0 Å². The predicted octanol–water partition coefficient (Wildman–Crippen LogP) is 2.73. The number of ketones is 1. The standard InChI is InChI=1S/C16H22O2/c1-15(2,3)12-8-11-9-6-5-7-10(9)13(12)14(17)16(11,4)18/h5,7-11,13,18H,6H2,1-4H3/t9-,10+,11-,13-,16+/m0/s1. The molecule has 2 bridgehead atoms. The first-order valence-electron chi connectivity index (χ1n) is 6.90. The fraction of sp³-hybridized carbons (Fsp3) is 0.688. The van der Waals surface area contributed by atoms with Gasteiger partial charge in [-0.25, -0.2) is 0 Å². The quantitative estimate of drug-likeness (QED) is 0.667. The molecule has 4 aliphatic rings. The highest BCUT2D eigenvalue weighted by atomic mass is 16.3. The Morgan fingerprint density at radius 3 is 2.67 bits per heavy atom. The van der Waals surface area contributed by atoms with Gasteiger partial charge in [-0.2, -0.15) is 0 Å². The van der Waals surface area contributed by atoms with Crippen LogP contribution in [0, 0.1) is 29.1 Å². The molecule has 1 saturated carbocycles. The molecule has 0 aromatic carbocycles. The van der Waals surface area contributed by atoms with E-state index in [1.54, 1.807) is 6.92 Å². The Morgan fingerprint density at radius 2 is 2.06 bits per heavy atom. The van der Waals surface area contributed by atoms with E-state index in [9.17, 15) is 9.90 Å². The van der Waals surface area contributed by atoms with Crippen LogP contribution >= 0.6 is 0 Å². The summed E-state index contributed by atoms with van der Waals surface area (Å²) in [5.41, 5.74) is 0.0834. The molecule has 1 fully saturated rings. The SMILES string of the molecule is CC(C)(C)C1=C[C@H]2[C@H]3CC=C[C@H]3[C@@H]1C(=O)[C@]2(C)O. The molecule has 0 amide bonds. The van der Waals surface area contributed by atoms with Gasteiger partial charge in [0.1, 0.15) is 5.60 Å². The van der Waals surface area contributed by atoms with Gasteiger partial charge in [0.25, 0.3) is 0 Å². The lowest BCUT2D eigenvalue weighted by Crippen LogP contribution is -2.60. The zero-order valence-electron chi connectivity index (χ0n) is 11.6. The number of hydrogen-bond acceptors (Lipinski definition) is 2. The first-order valence-corrected chi connectivity index (χ1v) is 6.90. The lowest BCUT2D eigenvalue weighted by molar-refractivity contribution is -0.157. The fourth-order valence-electron chi connectivity index (χ4n) is 4.16. The van der Waals surface area contributed by atoms with E-state index in [1.165, 1.54) is 5.57 Å². The fourth-order valence-corrected chi connectivity index (χ4v) is 4.16. The molecule has 0 radical (unpaired) electrons. The maximum atomic E-state index is 12.6. The number of carbonyl (C=O) groups excluding carboxylic acids is 1. The summed E-state index contributed by atoms with van der Waals surface area (Å²) < 4.78 is 0. The summed E-state index contributed by atoms with van der Waals surface area (Å²) in [6.45, 7) is 8.19. The molecule has 0 saturated heterocycles. The van der Waals surface area contributed by atoms with E-state index in [2.05, 4.69) is 39.0 Å². The molecule has 2 heteroatoms. The van der Waals surface area contributed by atoms with Gasteiger partial charge in [0.05, 0.1) is 0 Å². The molecule has 5 atom stereocenters. The van der Waals surface area contributed by atoms with Crippen LogP contribution in [0.4, 0.5) is 0 Å². The molecule has 0 unspecified atom stereocenters. The van der Waals surface area contributed by atoms with Crippen molar-refractivity contribution in [3.8, 4) is 0 Å². The first kappa shape index (κ1) is 12.2. The van der Waals surface area contributed by atoms with E-state index in [0.29, 0.717) is 11.8 Å². The topological polar surface area (TPSA) is 37.3 Å². The third-order valence-corrected chi connectivity index (χ3v) is 5.10. The van der Waals surface area contributed by atoms with Gasteiger partial charge >= 0.3 is 0 Å². The van der Waals surface area contributed by atoms with Crippen molar-refractivity contribution in [2.24, 2.45) is 29.1 Å². The molecule has 0 aromatic rings. The summed E-state index contributed by atoms with van der Waals surface area (Å²) in [4.78, 5) is 12.6. The van der Waals surface area contributed by atoms with Crippen molar-refractivity contribution in [2.45, 2.75) is 39.7 Å². The molecule has 0 heterocycles. The molecule has 0 aliphatic heterocycles. The largest absolute Gasteiger partial charge is 0.382 e.